The maximum atomic E-state index is 12.8. The second-order valence-electron chi connectivity index (χ2n) is 14.0. The lowest BCUT2D eigenvalue weighted by Gasteiger charge is -2.12. The van der Waals surface area contributed by atoms with Crippen LogP contribution in [0.2, 0.25) is 0 Å². The second kappa shape index (κ2) is 17.4. The molecule has 8 aromatic rings. The van der Waals surface area contributed by atoms with Gasteiger partial charge in [-0.2, -0.15) is 16.8 Å². The molecule has 6 N–H and O–H groups in total. The predicted octanol–water partition coefficient (Wildman–Crippen LogP) is 11.8. The number of hydrogen-bond donors (Lipinski definition) is 5. The van der Waals surface area contributed by atoms with Crippen molar-refractivity contribution >= 4 is 104 Å². The standard InChI is InChI=1S/C45H34N8O9S2/c1-2-62-41-25-40(52-50-38-9-5-6-10-42(38)64(59,60)61)32-7-3-4-8-34(32)43(41)53-49-36-21-22-37(35-24-30(63(56,57)58)17-19-33(35)36)48-51-39-20-13-27-23-29(16-18-31(27)44(39)54)47-45(55)26-11-14-28(46)15-12-26/h3-25,54H,2,46H2,1H3,(H,47,55)(H,56,57,58)(H,59,60,61). The molecule has 0 fully saturated rings. The number of nitrogens with zero attached hydrogens (tertiary/aromatic N) is 6. The van der Waals surface area contributed by atoms with E-state index in [-0.39, 0.29) is 52.1 Å². The van der Waals surface area contributed by atoms with Gasteiger partial charge in [0.15, 0.2) is 5.75 Å². The van der Waals surface area contributed by atoms with E-state index < -0.39 is 30.0 Å². The molecule has 1 amide bonds. The van der Waals surface area contributed by atoms with Gasteiger partial charge in [-0.25, -0.2) is 0 Å². The lowest BCUT2D eigenvalue weighted by atomic mass is 10.1. The number of anilines is 2. The smallest absolute Gasteiger partial charge is 0.296 e. The molecule has 0 atom stereocenters. The van der Waals surface area contributed by atoms with Gasteiger partial charge in [0.25, 0.3) is 26.1 Å². The van der Waals surface area contributed by atoms with Crippen LogP contribution in [0.25, 0.3) is 32.3 Å². The molecule has 8 rings (SSSR count). The fourth-order valence-electron chi connectivity index (χ4n) is 6.77. The summed E-state index contributed by atoms with van der Waals surface area (Å²) in [6.45, 7) is 1.99. The van der Waals surface area contributed by atoms with E-state index in [4.69, 9.17) is 10.5 Å². The molecule has 8 aromatic carbocycles. The third kappa shape index (κ3) is 8.99. The second-order valence-corrected chi connectivity index (χ2v) is 16.8. The zero-order chi connectivity index (χ0) is 45.2. The first-order valence-electron chi connectivity index (χ1n) is 19.1. The maximum absolute atomic E-state index is 12.8. The molecular formula is C45H34N8O9S2. The van der Waals surface area contributed by atoms with Gasteiger partial charge in [-0.3, -0.25) is 13.9 Å². The predicted molar refractivity (Wildman–Crippen MR) is 242 cm³/mol. The van der Waals surface area contributed by atoms with Gasteiger partial charge in [0.05, 0.1) is 28.6 Å². The molecule has 0 aliphatic carbocycles. The number of amides is 1. The van der Waals surface area contributed by atoms with Gasteiger partial charge in [-0.15, -0.1) is 30.7 Å². The minimum absolute atomic E-state index is 0.0783. The number of aromatic hydroxyl groups is 1. The molecule has 0 bridgehead atoms. The topological polar surface area (TPSA) is 267 Å². The van der Waals surface area contributed by atoms with Gasteiger partial charge < -0.3 is 20.9 Å². The SMILES string of the molecule is CCOc1cc(N=Nc2ccccc2S(=O)(=O)O)c2ccccc2c1N=Nc1ccc(N=Nc2ccc3cc(NC(=O)c4ccc(N)cc4)ccc3c2O)c2cc(S(=O)(=O)O)ccc12. The molecule has 0 aliphatic rings. The van der Waals surface area contributed by atoms with E-state index in [1.54, 1.807) is 97.9 Å². The summed E-state index contributed by atoms with van der Waals surface area (Å²) in [4.78, 5) is 11.9. The minimum Gasteiger partial charge on any atom is -0.505 e. The third-order valence-corrected chi connectivity index (χ3v) is 11.6. The van der Waals surface area contributed by atoms with Gasteiger partial charge >= 0.3 is 0 Å². The van der Waals surface area contributed by atoms with Crippen LogP contribution in [0.5, 0.6) is 11.5 Å². The summed E-state index contributed by atoms with van der Waals surface area (Å²) in [6, 6.07) is 35.9. The first-order valence-corrected chi connectivity index (χ1v) is 22.0. The van der Waals surface area contributed by atoms with Crippen LogP contribution < -0.4 is 15.8 Å². The first kappa shape index (κ1) is 42.7. The summed E-state index contributed by atoms with van der Waals surface area (Å²) < 4.78 is 74.1. The first-order chi connectivity index (χ1) is 30.7. The summed E-state index contributed by atoms with van der Waals surface area (Å²) in [5.74, 6) is -0.271. The highest BCUT2D eigenvalue weighted by Gasteiger charge is 2.18. The number of ether oxygens (including phenoxy) is 1. The zero-order valence-electron chi connectivity index (χ0n) is 33.4. The summed E-state index contributed by atoms with van der Waals surface area (Å²) in [5, 5.41) is 43.0. The minimum atomic E-state index is -4.65. The van der Waals surface area contributed by atoms with Gasteiger partial charge in [0, 0.05) is 49.9 Å². The number of nitrogens with two attached hydrogens (primary N) is 1. The third-order valence-electron chi connectivity index (χ3n) is 9.83. The molecule has 0 aliphatic heterocycles. The number of hydrogen-bond acceptors (Lipinski definition) is 14. The van der Waals surface area contributed by atoms with E-state index in [2.05, 4.69) is 36.0 Å². The molecule has 0 aromatic heterocycles. The van der Waals surface area contributed by atoms with Crippen molar-refractivity contribution < 1.29 is 40.6 Å². The van der Waals surface area contributed by atoms with Gasteiger partial charge in [0.2, 0.25) is 0 Å². The Morgan fingerprint density at radius 3 is 1.94 bits per heavy atom. The van der Waals surface area contributed by atoms with E-state index in [9.17, 15) is 35.8 Å². The largest absolute Gasteiger partial charge is 0.505 e. The number of nitrogens with one attached hydrogen (secondary N) is 1. The number of carbonyl (C=O) groups is 1. The number of azo groups is 3. The highest BCUT2D eigenvalue weighted by molar-refractivity contribution is 7.86. The Hall–Kier alpha value is -7.97. The summed E-state index contributed by atoms with van der Waals surface area (Å²) >= 11 is 0. The van der Waals surface area contributed by atoms with Crippen LogP contribution in [-0.2, 0) is 20.2 Å². The van der Waals surface area contributed by atoms with E-state index in [1.807, 2.05) is 0 Å². The van der Waals surface area contributed by atoms with Crippen LogP contribution in [0.1, 0.15) is 17.3 Å². The van der Waals surface area contributed by atoms with Gasteiger partial charge in [-0.05, 0) is 97.2 Å². The Balaban J connectivity index is 1.14. The number of carbonyl (C=O) groups excluding carboxylic acids is 1. The Morgan fingerprint density at radius 1 is 0.594 bits per heavy atom. The molecule has 0 unspecified atom stereocenters. The van der Waals surface area contributed by atoms with Gasteiger partial charge in [-0.1, -0.05) is 48.5 Å². The summed E-state index contributed by atoms with van der Waals surface area (Å²) in [7, 11) is -9.24. The fourth-order valence-corrected chi connectivity index (χ4v) is 7.90. The average molecular weight is 895 g/mol. The maximum Gasteiger partial charge on any atom is 0.296 e. The van der Waals surface area contributed by atoms with E-state index in [0.29, 0.717) is 55.2 Å². The van der Waals surface area contributed by atoms with Crippen molar-refractivity contribution in [1.29, 1.82) is 0 Å². The molecule has 19 heteroatoms. The normalized spacial score (nSPS) is 12.3. The molecular weight excluding hydrogens is 861 g/mol. The molecule has 0 saturated heterocycles. The summed E-state index contributed by atoms with van der Waals surface area (Å²) in [6.07, 6.45) is 0. The Labute approximate surface area is 364 Å². The molecule has 0 saturated carbocycles. The van der Waals surface area contributed by atoms with Crippen molar-refractivity contribution in [3.8, 4) is 11.5 Å². The van der Waals surface area contributed by atoms with Crippen LogP contribution in [0.15, 0.2) is 180 Å². The number of phenols is 1. The van der Waals surface area contributed by atoms with Gasteiger partial charge in [0.1, 0.15) is 27.7 Å². The van der Waals surface area contributed by atoms with Crippen LogP contribution >= 0.6 is 0 Å². The highest BCUT2D eigenvalue weighted by atomic mass is 32.2. The molecule has 0 spiro atoms. The lowest BCUT2D eigenvalue weighted by molar-refractivity contribution is 0.102. The Bertz CT molecular complexity index is 3490. The fraction of sp³-hybridized carbons (Fsp3) is 0.0444. The quantitative estimate of drug-likeness (QED) is 0.0439. The van der Waals surface area contributed by atoms with Crippen LogP contribution in [0, 0.1) is 0 Å². The lowest BCUT2D eigenvalue weighted by Crippen LogP contribution is -2.11. The molecule has 0 radical (unpaired) electrons. The Kier molecular flexibility index (Phi) is 11.6. The molecule has 0 heterocycles. The number of benzene rings is 8. The highest BCUT2D eigenvalue weighted by Crippen LogP contribution is 2.45. The van der Waals surface area contributed by atoms with Crippen molar-refractivity contribution in [3.63, 3.8) is 0 Å². The van der Waals surface area contributed by atoms with Crippen LogP contribution in [0.4, 0.5) is 45.5 Å². The number of nitrogen functional groups attached to an aromatic ring is 1. The van der Waals surface area contributed by atoms with Crippen LogP contribution in [0.3, 0.4) is 0 Å². The average Bonchev–Trinajstić information content (AvgIpc) is 3.27. The monoisotopic (exact) mass is 894 g/mol. The number of fused-ring (bicyclic) bond motifs is 3. The molecule has 17 nitrogen and oxygen atoms in total. The zero-order valence-corrected chi connectivity index (χ0v) is 35.0. The van der Waals surface area contributed by atoms with Crippen molar-refractivity contribution in [2.24, 2.45) is 30.7 Å². The molecule has 64 heavy (non-hydrogen) atoms. The van der Waals surface area contributed by atoms with E-state index >= 15 is 0 Å². The van der Waals surface area contributed by atoms with E-state index in [1.165, 1.54) is 48.5 Å². The van der Waals surface area contributed by atoms with Crippen molar-refractivity contribution in [1.82, 2.24) is 0 Å². The van der Waals surface area contributed by atoms with Crippen molar-refractivity contribution in [2.45, 2.75) is 16.7 Å². The van der Waals surface area contributed by atoms with Crippen LogP contribution in [-0.4, -0.2) is 43.6 Å². The number of phenolic OH excluding ortho intramolecular Hbond substituents is 1. The molecule has 320 valence electrons. The van der Waals surface area contributed by atoms with E-state index in [0.717, 1.165) is 0 Å². The Morgan fingerprint density at radius 2 is 1.20 bits per heavy atom. The number of rotatable bonds is 12. The van der Waals surface area contributed by atoms with Crippen molar-refractivity contribution in [3.05, 3.63) is 145 Å². The summed E-state index contributed by atoms with van der Waals surface area (Å²) in [5.41, 5.74) is 8.25. The van der Waals surface area contributed by atoms with Crippen molar-refractivity contribution in [2.75, 3.05) is 17.7 Å².